The van der Waals surface area contributed by atoms with Gasteiger partial charge in [0.25, 0.3) is 0 Å². The van der Waals surface area contributed by atoms with Crippen molar-refractivity contribution in [3.05, 3.63) is 12.2 Å². The SMILES string of the molecule is C/C=C\C[C@]1(C)C[C@@H](O)[C@@]2(C)C3[C@H](OC)CCC3(CC[C@H]2C)[C@@H](C)C1=O.CC#CC[C@]1(C)C[C@@H](O)[C@@]2(C)C3[C@H](OC)CCC3(CC[C@H]2C)[C@@H](C)C1=O. The number of hydrogen-bond acceptors (Lipinski definition) is 6. The Morgan fingerprint density at radius 3 is 1.52 bits per heavy atom. The second-order valence-corrected chi connectivity index (χ2v) is 19.8. The lowest BCUT2D eigenvalue weighted by Gasteiger charge is -2.61. The summed E-state index contributed by atoms with van der Waals surface area (Å²) in [5.41, 5.74) is -1.51. The summed E-state index contributed by atoms with van der Waals surface area (Å²) >= 11 is 0. The number of aliphatic hydroxyl groups is 2. The molecule has 294 valence electrons. The van der Waals surface area contributed by atoms with Crippen molar-refractivity contribution < 1.29 is 29.3 Å². The van der Waals surface area contributed by atoms with Crippen molar-refractivity contribution in [3.8, 4) is 11.8 Å². The summed E-state index contributed by atoms with van der Waals surface area (Å²) in [7, 11) is 3.60. The van der Waals surface area contributed by atoms with E-state index in [4.69, 9.17) is 9.47 Å². The number of aliphatic hydroxyl groups excluding tert-OH is 2. The highest BCUT2D eigenvalue weighted by molar-refractivity contribution is 5.88. The second kappa shape index (κ2) is 14.9. The van der Waals surface area contributed by atoms with Gasteiger partial charge in [0.15, 0.2) is 0 Å². The highest BCUT2D eigenvalue weighted by Crippen LogP contribution is 2.70. The molecule has 6 heteroatoms. The molecule has 52 heavy (non-hydrogen) atoms. The molecule has 2 N–H and O–H groups in total. The first kappa shape index (κ1) is 41.6. The van der Waals surface area contributed by atoms with Crippen LogP contribution in [0.1, 0.15) is 146 Å². The molecule has 4 bridgehead atoms. The average molecular weight is 723 g/mol. The van der Waals surface area contributed by atoms with Crippen molar-refractivity contribution in [3.63, 3.8) is 0 Å². The maximum atomic E-state index is 13.7. The van der Waals surface area contributed by atoms with Gasteiger partial charge in [0.2, 0.25) is 0 Å². The van der Waals surface area contributed by atoms with E-state index in [1.165, 1.54) is 0 Å². The van der Waals surface area contributed by atoms with E-state index in [1.54, 1.807) is 14.2 Å². The quantitative estimate of drug-likeness (QED) is 0.217. The van der Waals surface area contributed by atoms with Crippen molar-refractivity contribution in [1.82, 2.24) is 0 Å². The third-order valence-electron chi connectivity index (χ3n) is 17.8. The van der Waals surface area contributed by atoms with Crippen LogP contribution in [0.3, 0.4) is 0 Å². The van der Waals surface area contributed by atoms with Gasteiger partial charge in [-0.25, -0.2) is 0 Å². The highest BCUT2D eigenvalue weighted by Gasteiger charge is 2.69. The van der Waals surface area contributed by atoms with Crippen molar-refractivity contribution >= 4 is 11.6 Å². The van der Waals surface area contributed by atoms with E-state index < -0.39 is 23.0 Å². The predicted molar refractivity (Wildman–Crippen MR) is 208 cm³/mol. The van der Waals surface area contributed by atoms with Gasteiger partial charge >= 0.3 is 0 Å². The van der Waals surface area contributed by atoms with E-state index in [-0.39, 0.29) is 57.5 Å². The fourth-order valence-electron chi connectivity index (χ4n) is 14.1. The summed E-state index contributed by atoms with van der Waals surface area (Å²) < 4.78 is 11.9. The first-order chi connectivity index (χ1) is 24.3. The van der Waals surface area contributed by atoms with E-state index in [0.717, 1.165) is 57.8 Å². The molecule has 0 aromatic heterocycles. The second-order valence-electron chi connectivity index (χ2n) is 19.8. The lowest BCUT2D eigenvalue weighted by Crippen LogP contribution is -2.62. The molecule has 0 aromatic carbocycles. The summed E-state index contributed by atoms with van der Waals surface area (Å²) in [5, 5.41) is 23.0. The van der Waals surface area contributed by atoms with Gasteiger partial charge in [0, 0.05) is 54.1 Å². The molecule has 0 amide bonds. The minimum absolute atomic E-state index is 0.00405. The van der Waals surface area contributed by atoms with Gasteiger partial charge < -0.3 is 19.7 Å². The molecule has 16 atom stereocenters. The Morgan fingerprint density at radius 2 is 1.12 bits per heavy atom. The number of carbonyl (C=O) groups excluding carboxylic acids is 2. The Balaban J connectivity index is 0.000000201. The first-order valence-corrected chi connectivity index (χ1v) is 20.9. The van der Waals surface area contributed by atoms with Gasteiger partial charge in [-0.05, 0) is 119 Å². The Bertz CT molecular complexity index is 1430. The number of Topliss-reactive ketones (excluding diaryl/α,β-unsaturated/α-hetero) is 2. The van der Waals surface area contributed by atoms with E-state index in [9.17, 15) is 19.8 Å². The molecule has 4 unspecified atom stereocenters. The third kappa shape index (κ3) is 6.04. The van der Waals surface area contributed by atoms with Crippen molar-refractivity contribution in [1.29, 1.82) is 0 Å². The maximum Gasteiger partial charge on any atom is 0.143 e. The zero-order chi connectivity index (χ0) is 38.7. The normalized spacial score (nSPS) is 51.5. The molecule has 6 rings (SSSR count). The number of hydrogen-bond donors (Lipinski definition) is 2. The zero-order valence-electron chi connectivity index (χ0n) is 34.9. The summed E-state index contributed by atoms with van der Waals surface area (Å²) in [6, 6.07) is 0. The van der Waals surface area contributed by atoms with Crippen LogP contribution in [0.5, 0.6) is 0 Å². The van der Waals surface area contributed by atoms with Gasteiger partial charge in [-0.15, -0.1) is 11.8 Å². The molecule has 6 nitrogen and oxygen atoms in total. The number of allylic oxidation sites excluding steroid dienone is 2. The number of ether oxygens (including phenoxy) is 2. The Morgan fingerprint density at radius 1 is 0.712 bits per heavy atom. The van der Waals surface area contributed by atoms with E-state index in [2.05, 4.69) is 66.4 Å². The number of carbonyl (C=O) groups is 2. The molecule has 6 fully saturated rings. The van der Waals surface area contributed by atoms with Crippen LogP contribution in [-0.2, 0) is 19.1 Å². The molecular formula is C46H74O6. The van der Waals surface area contributed by atoms with Crippen LogP contribution in [-0.4, -0.2) is 60.4 Å². The number of methoxy groups -OCH3 is 2. The molecule has 0 aliphatic heterocycles. The molecule has 0 heterocycles. The topological polar surface area (TPSA) is 93.1 Å². The van der Waals surface area contributed by atoms with Crippen LogP contribution in [0.4, 0.5) is 0 Å². The van der Waals surface area contributed by atoms with Gasteiger partial charge in [0.05, 0.1) is 24.4 Å². The van der Waals surface area contributed by atoms with Gasteiger partial charge in [-0.3, -0.25) is 9.59 Å². The van der Waals surface area contributed by atoms with E-state index in [0.29, 0.717) is 42.7 Å². The van der Waals surface area contributed by atoms with Crippen molar-refractivity contribution in [2.75, 3.05) is 14.2 Å². The molecule has 6 saturated carbocycles. The van der Waals surface area contributed by atoms with Crippen LogP contribution < -0.4 is 0 Å². The zero-order valence-corrected chi connectivity index (χ0v) is 34.9. The van der Waals surface area contributed by atoms with Gasteiger partial charge in [-0.2, -0.15) is 0 Å². The van der Waals surface area contributed by atoms with Gasteiger partial charge in [-0.1, -0.05) is 67.5 Å². The van der Waals surface area contributed by atoms with Crippen LogP contribution >= 0.6 is 0 Å². The molecule has 0 radical (unpaired) electrons. The molecule has 6 aliphatic carbocycles. The third-order valence-corrected chi connectivity index (χ3v) is 17.8. The Hall–Kier alpha value is -1.52. The molecule has 6 aliphatic rings. The van der Waals surface area contributed by atoms with Crippen LogP contribution in [0.2, 0.25) is 0 Å². The predicted octanol–water partition coefficient (Wildman–Crippen LogP) is 9.00. The van der Waals surface area contributed by atoms with Crippen LogP contribution in [0.15, 0.2) is 12.2 Å². The lowest BCUT2D eigenvalue weighted by atomic mass is 9.44. The number of rotatable bonds is 5. The van der Waals surface area contributed by atoms with Crippen LogP contribution in [0.25, 0.3) is 0 Å². The lowest BCUT2D eigenvalue weighted by molar-refractivity contribution is -0.191. The highest BCUT2D eigenvalue weighted by atomic mass is 16.5. The maximum absolute atomic E-state index is 13.7. The molecule has 0 spiro atoms. The van der Waals surface area contributed by atoms with Crippen molar-refractivity contribution in [2.45, 2.75) is 171 Å². The summed E-state index contributed by atoms with van der Waals surface area (Å²) in [5.74, 6) is 8.16. The smallest absolute Gasteiger partial charge is 0.143 e. The summed E-state index contributed by atoms with van der Waals surface area (Å²) in [6.45, 7) is 21.4. The monoisotopic (exact) mass is 723 g/mol. The Kier molecular flexibility index (Phi) is 11.9. The molecular weight excluding hydrogens is 649 g/mol. The summed E-state index contributed by atoms with van der Waals surface area (Å²) in [6.07, 6.45) is 14.3. The fraction of sp³-hybridized carbons (Fsp3) is 0.870. The number of ketones is 2. The van der Waals surface area contributed by atoms with Crippen LogP contribution in [0, 0.1) is 79.8 Å². The molecule has 0 aromatic rings. The van der Waals surface area contributed by atoms with E-state index >= 15 is 0 Å². The first-order valence-electron chi connectivity index (χ1n) is 20.9. The average Bonchev–Trinajstić information content (AvgIpc) is 3.72. The standard InChI is InChI=1S/C23H38O3.C23H36O3/c2*1-7-8-11-21(4)14-18(24)22(5)15(2)9-12-23(16(3)20(21)25)13-10-17(26-6)19(22)23/h7-8,15-19,24H,9-14H2,1-6H3;15-19,24H,9-14H2,1-6H3/b8-7-;/t2*15-,16+,17-,18-,19?,21-,22+,23?/m11/s1. The van der Waals surface area contributed by atoms with E-state index in [1.807, 2.05) is 26.8 Å². The summed E-state index contributed by atoms with van der Waals surface area (Å²) in [4.78, 5) is 27.4. The fourth-order valence-corrected chi connectivity index (χ4v) is 14.1. The van der Waals surface area contributed by atoms with Gasteiger partial charge in [0.1, 0.15) is 11.6 Å². The van der Waals surface area contributed by atoms with Crippen molar-refractivity contribution in [2.24, 2.45) is 68.0 Å². The largest absolute Gasteiger partial charge is 0.393 e. The minimum Gasteiger partial charge on any atom is -0.393 e. The minimum atomic E-state index is -0.566. The Labute approximate surface area is 317 Å². The molecule has 0 saturated heterocycles.